The second-order valence-corrected chi connectivity index (χ2v) is 18.3. The lowest BCUT2D eigenvalue weighted by atomic mass is 10.0. The second kappa shape index (κ2) is 14.0. The highest BCUT2D eigenvalue weighted by molar-refractivity contribution is 7.86. The van der Waals surface area contributed by atoms with Crippen LogP contribution in [-0.2, 0) is 4.57 Å². The fraction of sp³-hybridized carbons (Fsp3) is 0. The van der Waals surface area contributed by atoms with E-state index < -0.39 is 7.14 Å². The van der Waals surface area contributed by atoms with Gasteiger partial charge in [-0.2, -0.15) is 0 Å². The maximum Gasteiger partial charge on any atom is 0.174 e. The number of hydrogen-bond acceptors (Lipinski definition) is 3. The van der Waals surface area contributed by atoms with Gasteiger partial charge in [-0.15, -0.1) is 0 Å². The van der Waals surface area contributed by atoms with Gasteiger partial charge in [0.25, 0.3) is 0 Å². The summed E-state index contributed by atoms with van der Waals surface area (Å²) in [5.41, 5.74) is 11.1. The van der Waals surface area contributed by atoms with E-state index in [1.807, 2.05) is 54.6 Å². The van der Waals surface area contributed by atoms with Crippen LogP contribution in [0.5, 0.6) is 0 Å². The molecule has 1 atom stereocenters. The molecule has 2 aromatic heterocycles. The summed E-state index contributed by atoms with van der Waals surface area (Å²) in [5, 5.41) is 6.95. The van der Waals surface area contributed by atoms with Gasteiger partial charge in [0.1, 0.15) is 5.82 Å². The zero-order chi connectivity index (χ0) is 40.5. The number of fused-ring (bicyclic) bond motifs is 9. The number of nitrogens with zero attached hydrogens (tertiary/aromatic N) is 3. The van der Waals surface area contributed by atoms with Crippen molar-refractivity contribution in [2.45, 2.75) is 0 Å². The Hall–Kier alpha value is -7.65. The molecule has 9 aromatic carbocycles. The fourth-order valence-corrected chi connectivity index (χ4v) is 12.6. The highest BCUT2D eigenvalue weighted by Crippen LogP contribution is 2.55. The lowest BCUT2D eigenvalue weighted by Gasteiger charge is -2.19. The molecule has 5 heteroatoms. The predicted molar refractivity (Wildman–Crippen MR) is 254 cm³/mol. The van der Waals surface area contributed by atoms with Crippen LogP contribution in [0, 0.1) is 0 Å². The summed E-state index contributed by atoms with van der Waals surface area (Å²) in [5.74, 6) is 1.32. The smallest absolute Gasteiger partial charge is 0.174 e. The van der Waals surface area contributed by atoms with Crippen LogP contribution >= 0.6 is 7.14 Å². The van der Waals surface area contributed by atoms with Crippen molar-refractivity contribution in [2.24, 2.45) is 0 Å². The summed E-state index contributed by atoms with van der Waals surface area (Å²) < 4.78 is 18.7. The number of aromatic nitrogens is 3. The largest absolute Gasteiger partial charge is 0.309 e. The van der Waals surface area contributed by atoms with Crippen LogP contribution in [-0.4, -0.2) is 14.5 Å². The van der Waals surface area contributed by atoms with Gasteiger partial charge in [-0.05, 0) is 50.2 Å². The zero-order valence-corrected chi connectivity index (χ0v) is 33.9. The molecular weight excluding hydrogens is 762 g/mol. The van der Waals surface area contributed by atoms with Crippen molar-refractivity contribution in [3.05, 3.63) is 218 Å². The van der Waals surface area contributed by atoms with Crippen LogP contribution < -0.4 is 15.9 Å². The Bertz CT molecular complexity index is 3420. The number of hydrogen-bond donors (Lipinski definition) is 0. The van der Waals surface area contributed by atoms with E-state index in [9.17, 15) is 0 Å². The molecule has 286 valence electrons. The molecule has 0 aliphatic carbocycles. The molecule has 0 spiro atoms. The first kappa shape index (κ1) is 35.3. The van der Waals surface area contributed by atoms with Gasteiger partial charge < -0.3 is 4.57 Å². The quantitative estimate of drug-likeness (QED) is 0.157. The van der Waals surface area contributed by atoms with Crippen LogP contribution in [0.4, 0.5) is 0 Å². The van der Waals surface area contributed by atoms with Crippen molar-refractivity contribution < 1.29 is 4.57 Å². The van der Waals surface area contributed by atoms with E-state index in [1.165, 1.54) is 0 Å². The predicted octanol–water partition coefficient (Wildman–Crippen LogP) is 13.0. The van der Waals surface area contributed by atoms with Crippen LogP contribution in [0.3, 0.4) is 0 Å². The van der Waals surface area contributed by atoms with Gasteiger partial charge in [0, 0.05) is 38.6 Å². The highest BCUT2D eigenvalue weighted by atomic mass is 31.2. The van der Waals surface area contributed by atoms with Crippen molar-refractivity contribution in [1.82, 2.24) is 14.5 Å². The van der Waals surface area contributed by atoms with Crippen molar-refractivity contribution in [3.63, 3.8) is 0 Å². The van der Waals surface area contributed by atoms with E-state index in [0.29, 0.717) is 11.6 Å². The van der Waals surface area contributed by atoms with Gasteiger partial charge in [0.15, 0.2) is 13.0 Å². The molecule has 0 radical (unpaired) electrons. The molecule has 61 heavy (non-hydrogen) atoms. The molecule has 0 N–H and O–H groups in total. The SMILES string of the molecule is O=P1(c2ccccc2)c2ccccc2-c2ccc3c4c5ccccc5ccc4n(-c4cc(-c5ccc(-c6ccccc6)cc5)nc(-c5ccc(-c6ccccc6)cc5)n4)c3c21. The van der Waals surface area contributed by atoms with Crippen LogP contribution in [0.25, 0.3) is 94.4 Å². The summed E-state index contributed by atoms with van der Waals surface area (Å²) in [4.78, 5) is 10.8. The molecule has 0 fully saturated rings. The summed E-state index contributed by atoms with van der Waals surface area (Å²) in [6, 6.07) is 75.6. The monoisotopic (exact) mass is 797 g/mol. The van der Waals surface area contributed by atoms with E-state index in [1.54, 1.807) is 0 Å². The minimum absolute atomic E-state index is 0.608. The molecule has 1 aliphatic heterocycles. The summed E-state index contributed by atoms with van der Waals surface area (Å²) in [6.45, 7) is 0. The highest BCUT2D eigenvalue weighted by Gasteiger charge is 2.43. The van der Waals surface area contributed by atoms with Gasteiger partial charge in [-0.3, -0.25) is 4.57 Å². The molecule has 0 saturated heterocycles. The maximum atomic E-state index is 16.4. The molecule has 1 unspecified atom stereocenters. The third-order valence-electron chi connectivity index (χ3n) is 12.2. The van der Waals surface area contributed by atoms with E-state index in [4.69, 9.17) is 9.97 Å². The van der Waals surface area contributed by atoms with Crippen LogP contribution in [0.15, 0.2) is 218 Å². The maximum absolute atomic E-state index is 16.4. The van der Waals surface area contributed by atoms with Crippen molar-refractivity contribution in [2.75, 3.05) is 0 Å². The Balaban J connectivity index is 1.17. The van der Waals surface area contributed by atoms with Gasteiger partial charge >= 0.3 is 0 Å². The Morgan fingerprint density at radius 2 is 1.00 bits per heavy atom. The molecular formula is C56H36N3OP. The average molecular weight is 798 g/mol. The second-order valence-electron chi connectivity index (χ2n) is 15.7. The van der Waals surface area contributed by atoms with E-state index in [-0.39, 0.29) is 0 Å². The Morgan fingerprint density at radius 1 is 0.426 bits per heavy atom. The Kier molecular flexibility index (Phi) is 8.09. The molecule has 1 aliphatic rings. The summed E-state index contributed by atoms with van der Waals surface area (Å²) in [6.07, 6.45) is 0. The minimum atomic E-state index is -3.38. The minimum Gasteiger partial charge on any atom is -0.309 e. The molecule has 0 bridgehead atoms. The lowest BCUT2D eigenvalue weighted by Crippen LogP contribution is -2.22. The number of rotatable bonds is 6. The van der Waals surface area contributed by atoms with Crippen molar-refractivity contribution in [3.8, 4) is 61.8 Å². The first-order chi connectivity index (χ1) is 30.1. The number of benzene rings is 9. The van der Waals surface area contributed by atoms with Crippen LogP contribution in [0.1, 0.15) is 0 Å². The topological polar surface area (TPSA) is 47.8 Å². The van der Waals surface area contributed by atoms with E-state index >= 15 is 4.57 Å². The Morgan fingerprint density at radius 3 is 1.70 bits per heavy atom. The molecule has 0 amide bonds. The standard InChI is InChI=1S/C56H36N3OP/c60-61(44-19-8-3-9-20-44)51-23-13-12-22-46(51)47-33-34-48-53-45-21-11-10-18-41(45)32-35-50(53)59(54(48)55(47)61)52-36-49(42-28-24-39(25-29-42)37-14-4-1-5-15-37)57-56(58-52)43-30-26-40(27-31-43)38-16-6-2-7-17-38/h1-36H. The molecule has 11 aromatic rings. The summed E-state index contributed by atoms with van der Waals surface area (Å²) in [7, 11) is -3.38. The van der Waals surface area contributed by atoms with Gasteiger partial charge in [-0.25, -0.2) is 9.97 Å². The third kappa shape index (κ3) is 5.57. The zero-order valence-electron chi connectivity index (χ0n) is 33.0. The van der Waals surface area contributed by atoms with E-state index in [2.05, 4.69) is 168 Å². The van der Waals surface area contributed by atoms with E-state index in [0.717, 1.165) is 98.7 Å². The first-order valence-electron chi connectivity index (χ1n) is 20.6. The van der Waals surface area contributed by atoms with Gasteiger partial charge in [0.2, 0.25) is 0 Å². The molecule has 12 rings (SSSR count). The average Bonchev–Trinajstić information content (AvgIpc) is 3.82. The van der Waals surface area contributed by atoms with Crippen molar-refractivity contribution >= 4 is 55.6 Å². The molecule has 0 saturated carbocycles. The Labute approximate surface area is 353 Å². The first-order valence-corrected chi connectivity index (χ1v) is 22.3. The summed E-state index contributed by atoms with van der Waals surface area (Å²) >= 11 is 0. The normalized spacial score (nSPS) is 14.4. The molecule has 4 nitrogen and oxygen atoms in total. The van der Waals surface area contributed by atoms with Crippen molar-refractivity contribution in [1.29, 1.82) is 0 Å². The van der Waals surface area contributed by atoms with Crippen LogP contribution in [0.2, 0.25) is 0 Å². The lowest BCUT2D eigenvalue weighted by molar-refractivity contribution is 0.593. The van der Waals surface area contributed by atoms with Gasteiger partial charge in [0.05, 0.1) is 22.0 Å². The molecule has 3 heterocycles. The van der Waals surface area contributed by atoms with Gasteiger partial charge in [-0.1, -0.05) is 206 Å². The third-order valence-corrected chi connectivity index (χ3v) is 15.4. The fourth-order valence-electron chi connectivity index (χ4n) is 9.37.